The monoisotopic (exact) mass is 371 g/mol. The average Bonchev–Trinajstić information content (AvgIpc) is 3.40. The first-order valence-corrected chi connectivity index (χ1v) is 9.37. The highest BCUT2D eigenvalue weighted by molar-refractivity contribution is 7.13. The van der Waals surface area contributed by atoms with Gasteiger partial charge in [0.05, 0.1) is 10.6 Å². The zero-order chi connectivity index (χ0) is 17.9. The van der Waals surface area contributed by atoms with Crippen molar-refractivity contribution in [2.24, 2.45) is 0 Å². The second-order valence-corrected chi connectivity index (χ2v) is 7.08. The highest BCUT2D eigenvalue weighted by Gasteiger charge is 2.21. The van der Waals surface area contributed by atoms with Gasteiger partial charge in [-0.15, -0.1) is 16.4 Å². The van der Waals surface area contributed by atoms with Crippen LogP contribution >= 0.6 is 11.3 Å². The maximum Gasteiger partial charge on any atom is 0.291 e. The smallest absolute Gasteiger partial charge is 0.291 e. The Balaban J connectivity index is 1.63. The van der Waals surface area contributed by atoms with Crippen LogP contribution < -0.4 is 10.6 Å². The number of aromatic nitrogens is 3. The van der Waals surface area contributed by atoms with Crippen molar-refractivity contribution in [1.29, 1.82) is 0 Å². The molecule has 1 aliphatic heterocycles. The first-order valence-electron chi connectivity index (χ1n) is 8.49. The van der Waals surface area contributed by atoms with Gasteiger partial charge < -0.3 is 10.6 Å². The van der Waals surface area contributed by atoms with Gasteiger partial charge in [-0.3, -0.25) is 4.79 Å². The lowest BCUT2D eigenvalue weighted by Gasteiger charge is -2.09. The summed E-state index contributed by atoms with van der Waals surface area (Å²) in [6.07, 6.45) is 2.17. The van der Waals surface area contributed by atoms with E-state index in [1.54, 1.807) is 12.1 Å². The Hall–Kier alpha value is -2.58. The molecule has 4 rings (SSSR count). The van der Waals surface area contributed by atoms with Gasteiger partial charge >= 0.3 is 0 Å². The number of rotatable bonds is 5. The molecule has 1 aromatic carbocycles. The molecule has 3 aromatic rings. The molecule has 8 heteroatoms. The topological polar surface area (TPSA) is 71.8 Å². The molecule has 1 fully saturated rings. The molecule has 2 aromatic heterocycles. The van der Waals surface area contributed by atoms with Gasteiger partial charge in [0.15, 0.2) is 5.82 Å². The Morgan fingerprint density at radius 1 is 1.38 bits per heavy atom. The molecule has 1 atom stereocenters. The molecule has 0 saturated carbocycles. The summed E-state index contributed by atoms with van der Waals surface area (Å²) < 4.78 is 15.2. The van der Waals surface area contributed by atoms with Crippen LogP contribution in [0.5, 0.6) is 0 Å². The van der Waals surface area contributed by atoms with Crippen molar-refractivity contribution < 1.29 is 9.18 Å². The van der Waals surface area contributed by atoms with Crippen molar-refractivity contribution in [3.63, 3.8) is 0 Å². The summed E-state index contributed by atoms with van der Waals surface area (Å²) in [7, 11) is 0. The average molecular weight is 371 g/mol. The molecule has 26 heavy (non-hydrogen) atoms. The summed E-state index contributed by atoms with van der Waals surface area (Å²) in [5.41, 5.74) is 0.525. The standard InChI is InChI=1S/C18H18FN5OS/c19-12-4-1-6-14(10-12)24-17(15-7-3-9-26-15)22-16(23-24)18(25)21-11-13-5-2-8-20-13/h1,3-4,6-7,9-10,13,20H,2,5,8,11H2,(H,21,25). The Morgan fingerprint density at radius 2 is 2.31 bits per heavy atom. The number of thiophene rings is 1. The van der Waals surface area contributed by atoms with E-state index in [2.05, 4.69) is 20.7 Å². The van der Waals surface area contributed by atoms with E-state index >= 15 is 0 Å². The number of nitrogens with one attached hydrogen (secondary N) is 2. The molecule has 2 N–H and O–H groups in total. The Bertz CT molecular complexity index is 902. The molecular weight excluding hydrogens is 353 g/mol. The predicted molar refractivity (Wildman–Crippen MR) is 98.0 cm³/mol. The molecule has 1 unspecified atom stereocenters. The van der Waals surface area contributed by atoms with Gasteiger partial charge in [0.2, 0.25) is 5.82 Å². The molecule has 0 bridgehead atoms. The Morgan fingerprint density at radius 3 is 3.04 bits per heavy atom. The lowest BCUT2D eigenvalue weighted by molar-refractivity contribution is 0.0940. The van der Waals surface area contributed by atoms with Crippen LogP contribution in [0, 0.1) is 5.82 Å². The van der Waals surface area contributed by atoms with Crippen LogP contribution in [0.25, 0.3) is 16.4 Å². The summed E-state index contributed by atoms with van der Waals surface area (Å²) >= 11 is 1.49. The van der Waals surface area contributed by atoms with Crippen molar-refractivity contribution in [1.82, 2.24) is 25.4 Å². The van der Waals surface area contributed by atoms with Crippen LogP contribution in [-0.2, 0) is 0 Å². The van der Waals surface area contributed by atoms with Crippen LogP contribution in [0.2, 0.25) is 0 Å². The summed E-state index contributed by atoms with van der Waals surface area (Å²) in [5.74, 6) is -0.0921. The van der Waals surface area contributed by atoms with Gasteiger partial charge in [-0.25, -0.2) is 14.1 Å². The van der Waals surface area contributed by atoms with E-state index in [9.17, 15) is 9.18 Å². The van der Waals surface area contributed by atoms with Gasteiger partial charge in [0, 0.05) is 12.6 Å². The van der Waals surface area contributed by atoms with E-state index in [1.165, 1.54) is 28.2 Å². The minimum atomic E-state index is -0.367. The highest BCUT2D eigenvalue weighted by Crippen LogP contribution is 2.25. The normalized spacial score (nSPS) is 16.7. The molecule has 1 saturated heterocycles. The maximum atomic E-state index is 13.6. The van der Waals surface area contributed by atoms with Crippen LogP contribution in [0.15, 0.2) is 41.8 Å². The van der Waals surface area contributed by atoms with Crippen LogP contribution in [0.4, 0.5) is 4.39 Å². The number of amides is 1. The van der Waals surface area contributed by atoms with Gasteiger partial charge in [-0.05, 0) is 49.0 Å². The molecule has 134 valence electrons. The number of hydrogen-bond donors (Lipinski definition) is 2. The maximum absolute atomic E-state index is 13.6. The van der Waals surface area contributed by atoms with E-state index in [1.807, 2.05) is 17.5 Å². The third-order valence-corrected chi connectivity index (χ3v) is 5.14. The second kappa shape index (κ2) is 7.35. The van der Waals surface area contributed by atoms with E-state index in [0.717, 1.165) is 24.3 Å². The quantitative estimate of drug-likeness (QED) is 0.723. The summed E-state index contributed by atoms with van der Waals surface area (Å²) in [6, 6.07) is 10.2. The molecule has 0 radical (unpaired) electrons. The predicted octanol–water partition coefficient (Wildman–Crippen LogP) is 2.62. The molecule has 6 nitrogen and oxygen atoms in total. The number of halogens is 1. The number of benzene rings is 1. The summed E-state index contributed by atoms with van der Waals surface area (Å²) in [4.78, 5) is 17.8. The van der Waals surface area contributed by atoms with Gasteiger partial charge in [0.1, 0.15) is 5.82 Å². The number of nitrogens with zero attached hydrogens (tertiary/aromatic N) is 3. The third-order valence-electron chi connectivity index (χ3n) is 4.28. The number of carbonyl (C=O) groups is 1. The van der Waals surface area contributed by atoms with Crippen molar-refractivity contribution in [3.05, 3.63) is 53.4 Å². The van der Waals surface area contributed by atoms with E-state index in [0.29, 0.717) is 24.1 Å². The highest BCUT2D eigenvalue weighted by atomic mass is 32.1. The second-order valence-electron chi connectivity index (χ2n) is 6.13. The molecular formula is C18H18FN5OS. The molecule has 3 heterocycles. The SMILES string of the molecule is O=C(NCC1CCCN1)c1nc(-c2cccs2)n(-c2cccc(F)c2)n1. The first-order chi connectivity index (χ1) is 12.7. The minimum Gasteiger partial charge on any atom is -0.348 e. The van der Waals surface area contributed by atoms with Crippen molar-refractivity contribution in [2.45, 2.75) is 18.9 Å². The minimum absolute atomic E-state index is 0.0793. The van der Waals surface area contributed by atoms with Crippen molar-refractivity contribution >= 4 is 17.2 Å². The Kier molecular flexibility index (Phi) is 4.77. The zero-order valence-electron chi connectivity index (χ0n) is 14.0. The molecule has 1 aliphatic rings. The summed E-state index contributed by atoms with van der Waals surface area (Å²) in [5, 5.41) is 12.5. The fourth-order valence-electron chi connectivity index (χ4n) is 2.99. The van der Waals surface area contributed by atoms with Crippen molar-refractivity contribution in [3.8, 4) is 16.4 Å². The lowest BCUT2D eigenvalue weighted by Crippen LogP contribution is -2.37. The summed E-state index contributed by atoms with van der Waals surface area (Å²) in [6.45, 7) is 1.52. The van der Waals surface area contributed by atoms with Gasteiger partial charge in [-0.1, -0.05) is 12.1 Å². The van der Waals surface area contributed by atoms with E-state index < -0.39 is 0 Å². The van der Waals surface area contributed by atoms with Crippen molar-refractivity contribution in [2.75, 3.05) is 13.1 Å². The van der Waals surface area contributed by atoms with Gasteiger partial charge in [-0.2, -0.15) is 0 Å². The van der Waals surface area contributed by atoms with E-state index in [-0.39, 0.29) is 17.5 Å². The third kappa shape index (κ3) is 3.51. The number of hydrogen-bond acceptors (Lipinski definition) is 5. The zero-order valence-corrected chi connectivity index (χ0v) is 14.8. The Labute approximate surface area is 154 Å². The fraction of sp³-hybridized carbons (Fsp3) is 0.278. The van der Waals surface area contributed by atoms with E-state index in [4.69, 9.17) is 0 Å². The first kappa shape index (κ1) is 16.9. The van der Waals surface area contributed by atoms with Gasteiger partial charge in [0.25, 0.3) is 5.91 Å². The largest absolute Gasteiger partial charge is 0.348 e. The fourth-order valence-corrected chi connectivity index (χ4v) is 3.69. The molecule has 0 aliphatic carbocycles. The van der Waals surface area contributed by atoms with Crippen LogP contribution in [0.1, 0.15) is 23.5 Å². The number of carbonyl (C=O) groups excluding carboxylic acids is 1. The lowest BCUT2D eigenvalue weighted by atomic mass is 10.2. The molecule has 0 spiro atoms. The van der Waals surface area contributed by atoms with Crippen LogP contribution in [0.3, 0.4) is 0 Å². The molecule has 1 amide bonds. The van der Waals surface area contributed by atoms with Crippen LogP contribution in [-0.4, -0.2) is 39.8 Å².